The van der Waals surface area contributed by atoms with Crippen LogP contribution in [0.5, 0.6) is 0 Å². The molecule has 1 amide bonds. The van der Waals surface area contributed by atoms with Gasteiger partial charge in [-0.05, 0) is 48.6 Å². The fourth-order valence-electron chi connectivity index (χ4n) is 3.63. The zero-order chi connectivity index (χ0) is 18.3. The van der Waals surface area contributed by atoms with Crippen molar-refractivity contribution in [3.05, 3.63) is 74.5 Å². The normalized spacial score (nSPS) is 16.3. The summed E-state index contributed by atoms with van der Waals surface area (Å²) in [5.41, 5.74) is 2.49. The van der Waals surface area contributed by atoms with E-state index in [0.29, 0.717) is 15.9 Å². The number of hydrogen-bond donors (Lipinski definition) is 1. The van der Waals surface area contributed by atoms with Gasteiger partial charge in [0.25, 0.3) is 5.91 Å². The highest BCUT2D eigenvalue weighted by Crippen LogP contribution is 2.29. The van der Waals surface area contributed by atoms with Gasteiger partial charge in [0.15, 0.2) is 5.69 Å². The van der Waals surface area contributed by atoms with E-state index >= 15 is 0 Å². The molecule has 0 radical (unpaired) electrons. The minimum Gasteiger partial charge on any atom is -0.344 e. The Morgan fingerprint density at radius 3 is 2.92 bits per heavy atom. The Kier molecular flexibility index (Phi) is 4.24. The average molecular weight is 368 g/mol. The first-order valence-electron chi connectivity index (χ1n) is 8.60. The molecule has 0 spiro atoms. The maximum Gasteiger partial charge on any atom is 0.276 e. The van der Waals surface area contributed by atoms with Crippen LogP contribution in [0.4, 0.5) is 0 Å². The third kappa shape index (κ3) is 2.88. The molecule has 1 aliphatic carbocycles. The van der Waals surface area contributed by atoms with Crippen LogP contribution in [-0.2, 0) is 13.5 Å². The number of carbonyl (C=O) groups is 1. The minimum absolute atomic E-state index is 0.103. The molecule has 0 saturated carbocycles. The third-order valence-electron chi connectivity index (χ3n) is 4.91. The summed E-state index contributed by atoms with van der Waals surface area (Å²) in [7, 11) is 1.71. The molecule has 132 valence electrons. The summed E-state index contributed by atoms with van der Waals surface area (Å²) < 4.78 is 1.54. The van der Waals surface area contributed by atoms with Crippen LogP contribution in [0, 0.1) is 0 Å². The lowest BCUT2D eigenvalue weighted by atomic mass is 9.87. The molecule has 0 saturated heterocycles. The molecule has 0 bridgehead atoms. The zero-order valence-corrected chi connectivity index (χ0v) is 15.1. The van der Waals surface area contributed by atoms with E-state index in [1.807, 2.05) is 18.2 Å². The van der Waals surface area contributed by atoms with Crippen molar-refractivity contribution in [2.24, 2.45) is 7.05 Å². The van der Waals surface area contributed by atoms with Crippen molar-refractivity contribution in [2.75, 3.05) is 0 Å². The van der Waals surface area contributed by atoms with Crippen LogP contribution in [0.2, 0.25) is 5.02 Å². The molecule has 0 aliphatic heterocycles. The van der Waals surface area contributed by atoms with Gasteiger partial charge in [-0.25, -0.2) is 0 Å². The maximum atomic E-state index is 12.8. The number of hydrogen-bond acceptors (Lipinski definition) is 3. The summed E-state index contributed by atoms with van der Waals surface area (Å²) in [5, 5.41) is 8.04. The predicted molar refractivity (Wildman–Crippen MR) is 102 cm³/mol. The summed E-state index contributed by atoms with van der Waals surface area (Å²) >= 11 is 6.02. The van der Waals surface area contributed by atoms with Gasteiger partial charge in [0.05, 0.1) is 16.9 Å². The Labute approximate surface area is 155 Å². The Morgan fingerprint density at radius 2 is 2.08 bits per heavy atom. The van der Waals surface area contributed by atoms with Crippen LogP contribution in [0.3, 0.4) is 0 Å². The van der Waals surface area contributed by atoms with E-state index in [0.717, 1.165) is 24.8 Å². The summed E-state index contributed by atoms with van der Waals surface area (Å²) in [6.07, 6.45) is 2.86. The first kappa shape index (κ1) is 16.8. The smallest absolute Gasteiger partial charge is 0.276 e. The van der Waals surface area contributed by atoms with Gasteiger partial charge >= 0.3 is 0 Å². The molecular formula is C20H18ClN3O2. The molecule has 5 nitrogen and oxygen atoms in total. The first-order valence-corrected chi connectivity index (χ1v) is 8.97. The van der Waals surface area contributed by atoms with Gasteiger partial charge in [-0.2, -0.15) is 5.10 Å². The molecule has 3 aromatic rings. The fourth-order valence-corrected chi connectivity index (χ4v) is 3.80. The molecule has 1 N–H and O–H groups in total. The maximum absolute atomic E-state index is 12.8. The van der Waals surface area contributed by atoms with Gasteiger partial charge in [-0.3, -0.25) is 14.3 Å². The molecule has 1 aromatic heterocycles. The van der Waals surface area contributed by atoms with Gasteiger partial charge in [0.2, 0.25) is 5.43 Å². The quantitative estimate of drug-likeness (QED) is 0.755. The number of benzene rings is 2. The Morgan fingerprint density at radius 1 is 1.27 bits per heavy atom. The standard InChI is InChI=1S/C20H18ClN3O2/c1-24-17-10-9-13(21)11-15(17)19(25)18(23-24)20(26)22-16-8-4-6-12-5-2-3-7-14(12)16/h2-3,5,7,9-11,16H,4,6,8H2,1H3,(H,22,26). The van der Waals surface area contributed by atoms with Crippen molar-refractivity contribution >= 4 is 28.4 Å². The molecule has 1 heterocycles. The van der Waals surface area contributed by atoms with Crippen molar-refractivity contribution in [3.63, 3.8) is 0 Å². The van der Waals surface area contributed by atoms with E-state index in [1.54, 1.807) is 25.2 Å². The molecular weight excluding hydrogens is 350 g/mol. The topological polar surface area (TPSA) is 64.0 Å². The number of nitrogens with one attached hydrogen (secondary N) is 1. The zero-order valence-electron chi connectivity index (χ0n) is 14.3. The largest absolute Gasteiger partial charge is 0.344 e. The Bertz CT molecular complexity index is 1070. The fraction of sp³-hybridized carbons (Fsp3) is 0.250. The van der Waals surface area contributed by atoms with E-state index in [-0.39, 0.29) is 11.7 Å². The predicted octanol–water partition coefficient (Wildman–Crippen LogP) is 3.39. The molecule has 1 aliphatic rings. The van der Waals surface area contributed by atoms with E-state index in [2.05, 4.69) is 16.5 Å². The number of halogens is 1. The van der Waals surface area contributed by atoms with Crippen LogP contribution in [0.15, 0.2) is 47.3 Å². The van der Waals surface area contributed by atoms with Crippen molar-refractivity contribution in [1.82, 2.24) is 15.1 Å². The molecule has 1 unspecified atom stereocenters. The van der Waals surface area contributed by atoms with Crippen LogP contribution < -0.4 is 10.7 Å². The van der Waals surface area contributed by atoms with Gasteiger partial charge < -0.3 is 5.32 Å². The molecule has 0 fully saturated rings. The summed E-state index contributed by atoms with van der Waals surface area (Å²) in [4.78, 5) is 25.6. The number of aromatic nitrogens is 2. The van der Waals surface area contributed by atoms with Gasteiger partial charge in [0, 0.05) is 12.1 Å². The number of amides is 1. The lowest BCUT2D eigenvalue weighted by Crippen LogP contribution is -2.35. The number of rotatable bonds is 2. The highest BCUT2D eigenvalue weighted by atomic mass is 35.5. The van der Waals surface area contributed by atoms with Gasteiger partial charge in [0.1, 0.15) is 0 Å². The lowest BCUT2D eigenvalue weighted by Gasteiger charge is -2.26. The number of nitrogens with zero attached hydrogens (tertiary/aromatic N) is 2. The second-order valence-electron chi connectivity index (χ2n) is 6.58. The second kappa shape index (κ2) is 6.57. The van der Waals surface area contributed by atoms with Crippen LogP contribution in [0.1, 0.15) is 40.5 Å². The van der Waals surface area contributed by atoms with Crippen molar-refractivity contribution in [2.45, 2.75) is 25.3 Å². The SMILES string of the molecule is Cn1nc(C(=O)NC2CCCc3ccccc32)c(=O)c2cc(Cl)ccc21. The second-order valence-corrected chi connectivity index (χ2v) is 7.02. The molecule has 4 rings (SSSR count). The number of fused-ring (bicyclic) bond motifs is 2. The summed E-state index contributed by atoms with van der Waals surface area (Å²) in [5.74, 6) is -0.450. The molecule has 26 heavy (non-hydrogen) atoms. The Hall–Kier alpha value is -2.66. The lowest BCUT2D eigenvalue weighted by molar-refractivity contribution is 0.0924. The molecule has 2 aromatic carbocycles. The van der Waals surface area contributed by atoms with E-state index in [1.165, 1.54) is 10.2 Å². The van der Waals surface area contributed by atoms with Crippen molar-refractivity contribution in [3.8, 4) is 0 Å². The highest BCUT2D eigenvalue weighted by Gasteiger charge is 2.24. The monoisotopic (exact) mass is 367 g/mol. The molecule has 6 heteroatoms. The number of carbonyl (C=O) groups excluding carboxylic acids is 1. The minimum atomic E-state index is -0.450. The Balaban J connectivity index is 1.72. The van der Waals surface area contributed by atoms with E-state index in [9.17, 15) is 9.59 Å². The summed E-state index contributed by atoms with van der Waals surface area (Å²) in [6, 6.07) is 13.0. The third-order valence-corrected chi connectivity index (χ3v) is 5.14. The van der Waals surface area contributed by atoms with Gasteiger partial charge in [-0.1, -0.05) is 35.9 Å². The van der Waals surface area contributed by atoms with Crippen LogP contribution in [0.25, 0.3) is 10.9 Å². The van der Waals surface area contributed by atoms with E-state index in [4.69, 9.17) is 11.6 Å². The highest BCUT2D eigenvalue weighted by molar-refractivity contribution is 6.31. The molecule has 1 atom stereocenters. The van der Waals surface area contributed by atoms with Crippen LogP contribution in [-0.4, -0.2) is 15.7 Å². The average Bonchev–Trinajstić information content (AvgIpc) is 2.65. The number of aryl methyl sites for hydroxylation is 2. The van der Waals surface area contributed by atoms with Crippen molar-refractivity contribution in [1.29, 1.82) is 0 Å². The van der Waals surface area contributed by atoms with Crippen LogP contribution >= 0.6 is 11.6 Å². The summed E-state index contributed by atoms with van der Waals surface area (Å²) in [6.45, 7) is 0. The van der Waals surface area contributed by atoms with E-state index < -0.39 is 11.3 Å². The first-order chi connectivity index (χ1) is 12.5. The van der Waals surface area contributed by atoms with Crippen molar-refractivity contribution < 1.29 is 4.79 Å². The van der Waals surface area contributed by atoms with Gasteiger partial charge in [-0.15, -0.1) is 0 Å².